The normalized spacial score (nSPS) is 20.1. The van der Waals surface area contributed by atoms with Crippen LogP contribution in [0.25, 0.3) is 0 Å². The minimum atomic E-state index is -0.200. The van der Waals surface area contributed by atoms with Crippen molar-refractivity contribution in [1.29, 1.82) is 0 Å². The number of nitrogens with one attached hydrogen (secondary N) is 2. The zero-order chi connectivity index (χ0) is 20.1. The molecule has 0 bridgehead atoms. The van der Waals surface area contributed by atoms with Crippen LogP contribution in [0.15, 0.2) is 24.4 Å². The van der Waals surface area contributed by atoms with Crippen LogP contribution < -0.4 is 10.6 Å². The highest BCUT2D eigenvalue weighted by atomic mass is 32.1. The van der Waals surface area contributed by atoms with Gasteiger partial charge in [0, 0.05) is 17.0 Å². The Morgan fingerprint density at radius 2 is 2.11 bits per heavy atom. The molecule has 2 aromatic heterocycles. The van der Waals surface area contributed by atoms with E-state index in [0.717, 1.165) is 48.7 Å². The summed E-state index contributed by atoms with van der Waals surface area (Å²) in [5, 5.41) is 6.41. The van der Waals surface area contributed by atoms with E-state index in [2.05, 4.69) is 28.6 Å². The van der Waals surface area contributed by atoms with Gasteiger partial charge in [-0.25, -0.2) is 0 Å². The first-order valence-electron chi connectivity index (χ1n) is 10.3. The number of ether oxygens (including phenoxy) is 1. The second kappa shape index (κ2) is 9.16. The number of piperidine rings is 1. The number of hydrogen-bond donors (Lipinski definition) is 2. The molecule has 1 fully saturated rings. The van der Waals surface area contributed by atoms with Gasteiger partial charge in [-0.2, -0.15) is 0 Å². The van der Waals surface area contributed by atoms with E-state index in [-0.39, 0.29) is 11.5 Å². The number of aryl methyl sites for hydroxylation is 1. The predicted octanol–water partition coefficient (Wildman–Crippen LogP) is 4.12. The Kier molecular flexibility index (Phi) is 6.86. The number of carbonyl (C=O) groups is 1. The fraction of sp³-hybridized carbons (Fsp3) is 0.545. The molecule has 5 nitrogen and oxygen atoms in total. The van der Waals surface area contributed by atoms with E-state index >= 15 is 0 Å². The van der Waals surface area contributed by atoms with Crippen molar-refractivity contribution in [3.63, 3.8) is 0 Å². The molecule has 1 amide bonds. The number of aromatic nitrogens is 1. The summed E-state index contributed by atoms with van der Waals surface area (Å²) in [7, 11) is 0. The van der Waals surface area contributed by atoms with Crippen LogP contribution in [0.2, 0.25) is 0 Å². The predicted molar refractivity (Wildman–Crippen MR) is 114 cm³/mol. The maximum atomic E-state index is 12.7. The largest absolute Gasteiger partial charge is 0.369 e. The van der Waals surface area contributed by atoms with Crippen LogP contribution in [0.5, 0.6) is 0 Å². The Morgan fingerprint density at radius 3 is 2.79 bits per heavy atom. The number of rotatable bonds is 3. The molecule has 28 heavy (non-hydrogen) atoms. The van der Waals surface area contributed by atoms with E-state index in [1.807, 2.05) is 39.1 Å². The lowest BCUT2D eigenvalue weighted by atomic mass is 9.83. The molecular weight excluding hydrogens is 370 g/mol. The standard InChI is InChI=1S/C20H25N3O2S.C2H6/c1-13-3-4-15(22-10-13)11-23-19(24)17-9-16-14(2)12-25-20(18(16)26-17)5-7-21-8-6-20;1-2/h3-4,9-10,14,21H,5-8,11-12H2,1-2H3,(H,23,24);1-2H3. The second-order valence-electron chi connectivity index (χ2n) is 7.36. The molecule has 2 aromatic rings. The van der Waals surface area contributed by atoms with E-state index in [9.17, 15) is 4.79 Å². The minimum Gasteiger partial charge on any atom is -0.369 e. The smallest absolute Gasteiger partial charge is 0.261 e. The highest BCUT2D eigenvalue weighted by Gasteiger charge is 2.43. The van der Waals surface area contributed by atoms with Gasteiger partial charge in [-0.05, 0) is 56.1 Å². The minimum absolute atomic E-state index is 0.0249. The molecule has 152 valence electrons. The van der Waals surface area contributed by atoms with E-state index in [4.69, 9.17) is 4.74 Å². The average molecular weight is 402 g/mol. The topological polar surface area (TPSA) is 63.2 Å². The Labute approximate surface area is 171 Å². The van der Waals surface area contributed by atoms with Crippen molar-refractivity contribution in [3.8, 4) is 0 Å². The van der Waals surface area contributed by atoms with Crippen molar-refractivity contribution in [2.45, 2.75) is 58.6 Å². The maximum absolute atomic E-state index is 12.7. The summed E-state index contributed by atoms with van der Waals surface area (Å²) < 4.78 is 6.31. The second-order valence-corrected chi connectivity index (χ2v) is 8.41. The van der Waals surface area contributed by atoms with Gasteiger partial charge in [0.1, 0.15) is 5.60 Å². The summed E-state index contributed by atoms with van der Waals surface area (Å²) in [6.07, 6.45) is 3.77. The third-order valence-corrected chi connectivity index (χ3v) is 6.69. The van der Waals surface area contributed by atoms with Gasteiger partial charge in [0.05, 0.1) is 23.7 Å². The fourth-order valence-corrected chi connectivity index (χ4v) is 5.14. The molecule has 1 atom stereocenters. The number of nitrogens with zero attached hydrogens (tertiary/aromatic N) is 1. The summed E-state index contributed by atoms with van der Waals surface area (Å²) >= 11 is 1.60. The third-order valence-electron chi connectivity index (χ3n) is 5.35. The molecule has 2 aliphatic heterocycles. The van der Waals surface area contributed by atoms with Crippen molar-refractivity contribution in [1.82, 2.24) is 15.6 Å². The van der Waals surface area contributed by atoms with Crippen molar-refractivity contribution >= 4 is 17.2 Å². The van der Waals surface area contributed by atoms with Gasteiger partial charge in [0.25, 0.3) is 5.91 Å². The number of amides is 1. The molecule has 0 aromatic carbocycles. The van der Waals surface area contributed by atoms with Crippen molar-refractivity contribution in [2.24, 2.45) is 0 Å². The molecule has 4 heterocycles. The molecule has 6 heteroatoms. The lowest BCUT2D eigenvalue weighted by Gasteiger charge is -2.42. The van der Waals surface area contributed by atoms with Gasteiger partial charge in [-0.15, -0.1) is 11.3 Å². The Bertz CT molecular complexity index is 795. The zero-order valence-corrected chi connectivity index (χ0v) is 18.1. The number of thiophene rings is 1. The van der Waals surface area contributed by atoms with Crippen molar-refractivity contribution in [2.75, 3.05) is 19.7 Å². The molecule has 0 aliphatic carbocycles. The molecule has 4 rings (SSSR count). The van der Waals surface area contributed by atoms with E-state index in [1.165, 1.54) is 10.4 Å². The third kappa shape index (κ3) is 4.29. The average Bonchev–Trinajstić information content (AvgIpc) is 3.20. The van der Waals surface area contributed by atoms with Crippen LogP contribution in [0, 0.1) is 6.92 Å². The van der Waals surface area contributed by atoms with E-state index in [1.54, 1.807) is 11.3 Å². The molecular formula is C22H31N3O2S. The van der Waals surface area contributed by atoms with Gasteiger partial charge in [-0.3, -0.25) is 9.78 Å². The summed E-state index contributed by atoms with van der Waals surface area (Å²) in [5.74, 6) is 0.310. The SMILES string of the molecule is CC.Cc1ccc(CNC(=O)c2cc3c(s2)C2(CCNCC2)OCC3C)nc1. The number of hydrogen-bond acceptors (Lipinski definition) is 5. The molecule has 0 saturated carbocycles. The van der Waals surface area contributed by atoms with Crippen LogP contribution in [-0.4, -0.2) is 30.6 Å². The molecule has 1 spiro atoms. The summed E-state index contributed by atoms with van der Waals surface area (Å²) in [6, 6.07) is 6.04. The zero-order valence-electron chi connectivity index (χ0n) is 17.3. The van der Waals surface area contributed by atoms with Crippen LogP contribution >= 0.6 is 11.3 Å². The van der Waals surface area contributed by atoms with Gasteiger partial charge < -0.3 is 15.4 Å². The highest BCUT2D eigenvalue weighted by Crippen LogP contribution is 2.47. The molecule has 0 radical (unpaired) electrons. The molecule has 1 saturated heterocycles. The van der Waals surface area contributed by atoms with Gasteiger partial charge >= 0.3 is 0 Å². The van der Waals surface area contributed by atoms with Gasteiger partial charge in [0.15, 0.2) is 0 Å². The Hall–Kier alpha value is -1.76. The molecule has 2 aliphatic rings. The Balaban J connectivity index is 0.00000109. The van der Waals surface area contributed by atoms with Crippen molar-refractivity contribution < 1.29 is 9.53 Å². The molecule has 1 unspecified atom stereocenters. The van der Waals surface area contributed by atoms with Crippen LogP contribution in [-0.2, 0) is 16.9 Å². The first-order chi connectivity index (χ1) is 13.6. The summed E-state index contributed by atoms with van der Waals surface area (Å²) in [4.78, 5) is 19.1. The van der Waals surface area contributed by atoms with Crippen molar-refractivity contribution in [3.05, 3.63) is 51.0 Å². The lowest BCUT2D eigenvalue weighted by Crippen LogP contribution is -2.44. The van der Waals surface area contributed by atoms with E-state index in [0.29, 0.717) is 12.5 Å². The van der Waals surface area contributed by atoms with Crippen LogP contribution in [0.3, 0.4) is 0 Å². The lowest BCUT2D eigenvalue weighted by molar-refractivity contribution is -0.0842. The summed E-state index contributed by atoms with van der Waals surface area (Å²) in [5.41, 5.74) is 3.08. The summed E-state index contributed by atoms with van der Waals surface area (Å²) in [6.45, 7) is 11.3. The van der Waals surface area contributed by atoms with Crippen LogP contribution in [0.1, 0.15) is 70.9 Å². The van der Waals surface area contributed by atoms with Gasteiger partial charge in [-0.1, -0.05) is 26.8 Å². The number of carbonyl (C=O) groups excluding carboxylic acids is 1. The monoisotopic (exact) mass is 401 g/mol. The fourth-order valence-electron chi connectivity index (χ4n) is 3.74. The number of fused-ring (bicyclic) bond motifs is 2. The Morgan fingerprint density at radius 1 is 1.36 bits per heavy atom. The molecule has 2 N–H and O–H groups in total. The van der Waals surface area contributed by atoms with E-state index < -0.39 is 0 Å². The highest BCUT2D eigenvalue weighted by molar-refractivity contribution is 7.14. The first-order valence-corrected chi connectivity index (χ1v) is 11.1. The first kappa shape index (κ1) is 21.0. The van der Waals surface area contributed by atoms with Crippen LogP contribution in [0.4, 0.5) is 0 Å². The quantitative estimate of drug-likeness (QED) is 0.812. The van der Waals surface area contributed by atoms with Gasteiger partial charge in [0.2, 0.25) is 0 Å². The number of pyridine rings is 1. The maximum Gasteiger partial charge on any atom is 0.261 e.